The van der Waals surface area contributed by atoms with Gasteiger partial charge >= 0.3 is 0 Å². The number of nitrogens with one attached hydrogen (secondary N) is 1. The fourth-order valence-corrected chi connectivity index (χ4v) is 2.08. The van der Waals surface area contributed by atoms with E-state index in [2.05, 4.69) is 19.2 Å². The van der Waals surface area contributed by atoms with E-state index in [1.165, 1.54) is 12.1 Å². The third-order valence-corrected chi connectivity index (χ3v) is 2.82. The second kappa shape index (κ2) is 4.01. The summed E-state index contributed by atoms with van der Waals surface area (Å²) in [7, 11) is 0. The predicted octanol–water partition coefficient (Wildman–Crippen LogP) is 2.15. The second-order valence-corrected chi connectivity index (χ2v) is 4.83. The van der Waals surface area contributed by atoms with Crippen molar-refractivity contribution in [1.82, 2.24) is 5.32 Å². The molecule has 1 aromatic rings. The van der Waals surface area contributed by atoms with Crippen molar-refractivity contribution in [3.63, 3.8) is 0 Å². The number of hydrogen-bond acceptors (Lipinski definition) is 2. The van der Waals surface area contributed by atoms with E-state index in [0.29, 0.717) is 18.8 Å². The minimum Gasteiger partial charge on any atom is -0.366 e. The third-order valence-electron chi connectivity index (χ3n) is 2.82. The second-order valence-electron chi connectivity index (χ2n) is 4.83. The smallest absolute Gasteiger partial charge is 0.146 e. The average Bonchev–Trinajstić information content (AvgIpc) is 2.20. The molecule has 0 aliphatic carbocycles. The van der Waals surface area contributed by atoms with Gasteiger partial charge in [-0.15, -0.1) is 0 Å². The molecule has 1 saturated heterocycles. The van der Waals surface area contributed by atoms with Crippen molar-refractivity contribution in [1.29, 1.82) is 0 Å². The molecule has 88 valence electrons. The molecule has 0 aromatic heterocycles. The summed E-state index contributed by atoms with van der Waals surface area (Å²) >= 11 is 0. The van der Waals surface area contributed by atoms with Crippen LogP contribution in [0, 0.1) is 11.6 Å². The number of anilines is 1. The van der Waals surface area contributed by atoms with Gasteiger partial charge in [-0.05, 0) is 26.0 Å². The molecule has 1 aliphatic rings. The van der Waals surface area contributed by atoms with Crippen LogP contribution < -0.4 is 10.2 Å². The van der Waals surface area contributed by atoms with E-state index in [9.17, 15) is 8.78 Å². The molecular weight excluding hydrogens is 210 g/mol. The van der Waals surface area contributed by atoms with Crippen LogP contribution in [0.2, 0.25) is 0 Å². The van der Waals surface area contributed by atoms with Gasteiger partial charge < -0.3 is 10.2 Å². The Hall–Kier alpha value is -1.16. The van der Waals surface area contributed by atoms with Crippen molar-refractivity contribution in [2.75, 3.05) is 24.5 Å². The Labute approximate surface area is 94.3 Å². The van der Waals surface area contributed by atoms with Crippen LogP contribution in [0.5, 0.6) is 0 Å². The Morgan fingerprint density at radius 1 is 1.31 bits per heavy atom. The zero-order chi connectivity index (χ0) is 11.8. The molecule has 0 unspecified atom stereocenters. The molecule has 1 aromatic carbocycles. The zero-order valence-electron chi connectivity index (χ0n) is 9.56. The highest BCUT2D eigenvalue weighted by Crippen LogP contribution is 2.23. The molecule has 0 amide bonds. The van der Waals surface area contributed by atoms with Gasteiger partial charge in [-0.2, -0.15) is 0 Å². The quantitative estimate of drug-likeness (QED) is 0.789. The lowest BCUT2D eigenvalue weighted by Crippen LogP contribution is -2.57. The van der Waals surface area contributed by atoms with Gasteiger partial charge in [0.1, 0.15) is 11.6 Å². The first-order valence-electron chi connectivity index (χ1n) is 5.43. The molecule has 0 atom stereocenters. The fourth-order valence-electron chi connectivity index (χ4n) is 2.08. The third kappa shape index (κ3) is 2.32. The maximum absolute atomic E-state index is 13.6. The Bertz CT molecular complexity index is 391. The Balaban J connectivity index is 2.26. The Morgan fingerprint density at radius 2 is 2.06 bits per heavy atom. The number of hydrogen-bond donors (Lipinski definition) is 1. The van der Waals surface area contributed by atoms with E-state index in [1.54, 1.807) is 0 Å². The first kappa shape index (κ1) is 11.3. The van der Waals surface area contributed by atoms with Gasteiger partial charge in [-0.1, -0.05) is 0 Å². The van der Waals surface area contributed by atoms with E-state index in [-0.39, 0.29) is 11.4 Å². The average molecular weight is 226 g/mol. The molecule has 2 nitrogen and oxygen atoms in total. The highest BCUT2D eigenvalue weighted by molar-refractivity contribution is 5.49. The Morgan fingerprint density at radius 3 is 2.75 bits per heavy atom. The summed E-state index contributed by atoms with van der Waals surface area (Å²) < 4.78 is 26.7. The van der Waals surface area contributed by atoms with E-state index in [4.69, 9.17) is 0 Å². The van der Waals surface area contributed by atoms with Gasteiger partial charge in [0.05, 0.1) is 5.69 Å². The van der Waals surface area contributed by atoms with Crippen LogP contribution in [0.3, 0.4) is 0 Å². The van der Waals surface area contributed by atoms with Gasteiger partial charge in [0, 0.05) is 31.2 Å². The zero-order valence-corrected chi connectivity index (χ0v) is 9.56. The number of halogens is 2. The van der Waals surface area contributed by atoms with Crippen molar-refractivity contribution >= 4 is 5.69 Å². The van der Waals surface area contributed by atoms with Crippen LogP contribution in [-0.2, 0) is 0 Å². The number of rotatable bonds is 1. The topological polar surface area (TPSA) is 15.3 Å². The number of piperazine rings is 1. The van der Waals surface area contributed by atoms with Gasteiger partial charge in [0.25, 0.3) is 0 Å². The summed E-state index contributed by atoms with van der Waals surface area (Å²) in [6.07, 6.45) is 0. The van der Waals surface area contributed by atoms with Gasteiger partial charge in [0.15, 0.2) is 0 Å². The van der Waals surface area contributed by atoms with E-state index in [0.717, 1.165) is 12.6 Å². The highest BCUT2D eigenvalue weighted by Gasteiger charge is 2.27. The monoisotopic (exact) mass is 226 g/mol. The summed E-state index contributed by atoms with van der Waals surface area (Å²) in [6, 6.07) is 3.59. The van der Waals surface area contributed by atoms with Gasteiger partial charge in [-0.3, -0.25) is 0 Å². The molecule has 2 rings (SSSR count). The van der Waals surface area contributed by atoms with Crippen molar-refractivity contribution in [2.24, 2.45) is 0 Å². The molecule has 1 fully saturated rings. The standard InChI is InChI=1S/C12H16F2N2/c1-12(2)8-16(6-5-15-12)11-7-9(13)3-4-10(11)14/h3-4,7,15H,5-6,8H2,1-2H3. The van der Waals surface area contributed by atoms with Crippen molar-refractivity contribution in [2.45, 2.75) is 19.4 Å². The van der Waals surface area contributed by atoms with E-state index in [1.807, 2.05) is 4.90 Å². The van der Waals surface area contributed by atoms with Crippen molar-refractivity contribution < 1.29 is 8.78 Å². The summed E-state index contributed by atoms with van der Waals surface area (Å²) in [5, 5.41) is 3.33. The molecular formula is C12H16F2N2. The molecule has 1 aliphatic heterocycles. The lowest BCUT2D eigenvalue weighted by Gasteiger charge is -2.40. The SMILES string of the molecule is CC1(C)CN(c2cc(F)ccc2F)CCN1. The predicted molar refractivity (Wildman–Crippen MR) is 60.7 cm³/mol. The highest BCUT2D eigenvalue weighted by atomic mass is 19.1. The lowest BCUT2D eigenvalue weighted by atomic mass is 10.0. The molecule has 0 radical (unpaired) electrons. The molecule has 4 heteroatoms. The van der Waals surface area contributed by atoms with Gasteiger partial charge in [-0.25, -0.2) is 8.78 Å². The van der Waals surface area contributed by atoms with Crippen LogP contribution in [-0.4, -0.2) is 25.2 Å². The van der Waals surface area contributed by atoms with E-state index >= 15 is 0 Å². The Kier molecular flexibility index (Phi) is 2.84. The summed E-state index contributed by atoms with van der Waals surface area (Å²) in [5.41, 5.74) is 0.284. The molecule has 0 saturated carbocycles. The summed E-state index contributed by atoms with van der Waals surface area (Å²) in [6.45, 7) is 6.26. The van der Waals surface area contributed by atoms with Crippen LogP contribution in [0.15, 0.2) is 18.2 Å². The number of nitrogens with zero attached hydrogens (tertiary/aromatic N) is 1. The summed E-state index contributed by atoms with van der Waals surface area (Å²) in [4.78, 5) is 1.88. The first-order valence-corrected chi connectivity index (χ1v) is 5.43. The lowest BCUT2D eigenvalue weighted by molar-refractivity contribution is 0.351. The fraction of sp³-hybridized carbons (Fsp3) is 0.500. The molecule has 0 spiro atoms. The van der Waals surface area contributed by atoms with Crippen LogP contribution in [0.4, 0.5) is 14.5 Å². The van der Waals surface area contributed by atoms with Crippen LogP contribution in [0.1, 0.15) is 13.8 Å². The largest absolute Gasteiger partial charge is 0.366 e. The first-order chi connectivity index (χ1) is 7.48. The van der Waals surface area contributed by atoms with E-state index < -0.39 is 5.82 Å². The van der Waals surface area contributed by atoms with Gasteiger partial charge in [0.2, 0.25) is 0 Å². The molecule has 1 N–H and O–H groups in total. The maximum atomic E-state index is 13.6. The van der Waals surface area contributed by atoms with Crippen LogP contribution in [0.25, 0.3) is 0 Å². The molecule has 16 heavy (non-hydrogen) atoms. The normalized spacial score (nSPS) is 19.9. The minimum absolute atomic E-state index is 0.0724. The molecule has 1 heterocycles. The minimum atomic E-state index is -0.396. The van der Waals surface area contributed by atoms with Crippen molar-refractivity contribution in [3.8, 4) is 0 Å². The summed E-state index contributed by atoms with van der Waals surface area (Å²) in [5.74, 6) is -0.758. The van der Waals surface area contributed by atoms with Crippen molar-refractivity contribution in [3.05, 3.63) is 29.8 Å². The molecule has 0 bridgehead atoms. The number of benzene rings is 1. The maximum Gasteiger partial charge on any atom is 0.146 e. The van der Waals surface area contributed by atoms with Crippen LogP contribution >= 0.6 is 0 Å².